The molecular weight excluding hydrogens is 354 g/mol. The lowest BCUT2D eigenvalue weighted by atomic mass is 10.1. The number of thiazole rings is 1. The molecule has 128 valence electrons. The van der Waals surface area contributed by atoms with Crippen molar-refractivity contribution in [1.82, 2.24) is 4.98 Å². The summed E-state index contributed by atoms with van der Waals surface area (Å²) in [6.45, 7) is 2.04. The Morgan fingerprint density at radius 3 is 2.37 bits per heavy atom. The molecule has 1 N–H and O–H groups in total. The normalized spacial score (nSPS) is 9.56. The van der Waals surface area contributed by atoms with E-state index in [1.54, 1.807) is 18.2 Å². The third-order valence-electron chi connectivity index (χ3n) is 3.82. The first kappa shape index (κ1) is 17.9. The van der Waals surface area contributed by atoms with Crippen molar-refractivity contribution in [3.8, 4) is 40.0 Å². The standard InChI is InChI=1S/C21H13N5S/c1-14-5-7-15(8-6-14)20-13-27-21(26-20)16-3-2-4-18(9-16)25-19(12-24)17(10-22)11-23/h2-9,13,25H,1H3. The molecule has 1 heterocycles. The van der Waals surface area contributed by atoms with Crippen molar-refractivity contribution in [1.29, 1.82) is 15.8 Å². The number of anilines is 1. The fourth-order valence-corrected chi connectivity index (χ4v) is 3.25. The fraction of sp³-hybridized carbons (Fsp3) is 0.0476. The molecule has 0 aliphatic rings. The Kier molecular flexibility index (Phi) is 5.28. The SMILES string of the molecule is Cc1ccc(-c2csc(-c3cccc(NC(C#N)=C(C#N)C#N)c3)n2)cc1. The monoisotopic (exact) mass is 367 g/mol. The molecule has 0 saturated carbocycles. The molecule has 0 bridgehead atoms. The van der Waals surface area contributed by atoms with Gasteiger partial charge in [-0.25, -0.2) is 4.98 Å². The smallest absolute Gasteiger partial charge is 0.163 e. The lowest BCUT2D eigenvalue weighted by Gasteiger charge is -2.06. The Morgan fingerprint density at radius 2 is 1.70 bits per heavy atom. The second-order valence-corrected chi connectivity index (χ2v) is 6.55. The highest BCUT2D eigenvalue weighted by Gasteiger charge is 2.09. The molecule has 3 aromatic rings. The summed E-state index contributed by atoms with van der Waals surface area (Å²) in [7, 11) is 0. The van der Waals surface area contributed by atoms with E-state index in [0.29, 0.717) is 5.69 Å². The third kappa shape index (κ3) is 4.02. The molecule has 0 aliphatic heterocycles. The number of hydrogen-bond acceptors (Lipinski definition) is 6. The molecule has 0 atom stereocenters. The van der Waals surface area contributed by atoms with E-state index >= 15 is 0 Å². The summed E-state index contributed by atoms with van der Waals surface area (Å²) in [6.07, 6.45) is 0. The number of hydrogen-bond donors (Lipinski definition) is 1. The lowest BCUT2D eigenvalue weighted by Crippen LogP contribution is -2.00. The van der Waals surface area contributed by atoms with Gasteiger partial charge in [0.2, 0.25) is 0 Å². The van der Waals surface area contributed by atoms with Crippen LogP contribution in [0.2, 0.25) is 0 Å². The molecule has 0 spiro atoms. The zero-order valence-electron chi connectivity index (χ0n) is 14.4. The number of rotatable bonds is 4. The molecule has 27 heavy (non-hydrogen) atoms. The van der Waals surface area contributed by atoms with Crippen molar-refractivity contribution in [2.75, 3.05) is 5.32 Å². The van der Waals surface area contributed by atoms with Crippen LogP contribution in [-0.2, 0) is 0 Å². The van der Waals surface area contributed by atoms with Gasteiger partial charge in [0, 0.05) is 22.2 Å². The van der Waals surface area contributed by atoms with Gasteiger partial charge in [0.15, 0.2) is 5.57 Å². The molecule has 0 unspecified atom stereocenters. The van der Waals surface area contributed by atoms with E-state index in [2.05, 4.69) is 17.4 Å². The predicted molar refractivity (Wildman–Crippen MR) is 105 cm³/mol. The van der Waals surface area contributed by atoms with Crippen LogP contribution in [0, 0.1) is 40.9 Å². The van der Waals surface area contributed by atoms with E-state index < -0.39 is 0 Å². The van der Waals surface area contributed by atoms with E-state index in [1.807, 2.05) is 48.7 Å². The molecule has 1 aromatic heterocycles. The van der Waals surface area contributed by atoms with Crippen LogP contribution < -0.4 is 5.32 Å². The highest BCUT2D eigenvalue weighted by Crippen LogP contribution is 2.30. The van der Waals surface area contributed by atoms with Gasteiger partial charge in [0.1, 0.15) is 28.9 Å². The van der Waals surface area contributed by atoms with Crippen LogP contribution in [0.4, 0.5) is 5.69 Å². The van der Waals surface area contributed by atoms with Crippen molar-refractivity contribution in [2.45, 2.75) is 6.92 Å². The average molecular weight is 367 g/mol. The van der Waals surface area contributed by atoms with Crippen LogP contribution in [0.15, 0.2) is 65.2 Å². The van der Waals surface area contributed by atoms with Gasteiger partial charge in [-0.2, -0.15) is 15.8 Å². The summed E-state index contributed by atoms with van der Waals surface area (Å²) in [5.74, 6) is 0. The summed E-state index contributed by atoms with van der Waals surface area (Å²) in [4.78, 5) is 4.70. The van der Waals surface area contributed by atoms with E-state index in [0.717, 1.165) is 21.8 Å². The van der Waals surface area contributed by atoms with Crippen molar-refractivity contribution in [2.24, 2.45) is 0 Å². The largest absolute Gasteiger partial charge is 0.345 e. The van der Waals surface area contributed by atoms with Gasteiger partial charge in [-0.15, -0.1) is 11.3 Å². The maximum Gasteiger partial charge on any atom is 0.163 e. The van der Waals surface area contributed by atoms with Gasteiger partial charge in [-0.1, -0.05) is 42.0 Å². The van der Waals surface area contributed by atoms with Gasteiger partial charge in [0.05, 0.1) is 5.69 Å². The van der Waals surface area contributed by atoms with Gasteiger partial charge in [-0.05, 0) is 19.1 Å². The number of nitrogens with one attached hydrogen (secondary N) is 1. The predicted octanol–water partition coefficient (Wildman–Crippen LogP) is 5.02. The number of nitrogens with zero attached hydrogens (tertiary/aromatic N) is 4. The van der Waals surface area contributed by atoms with Gasteiger partial charge < -0.3 is 5.32 Å². The second-order valence-electron chi connectivity index (χ2n) is 5.70. The number of benzene rings is 2. The summed E-state index contributed by atoms with van der Waals surface area (Å²) in [5, 5.41) is 32.7. The number of aryl methyl sites for hydroxylation is 1. The van der Waals surface area contributed by atoms with E-state index in [4.69, 9.17) is 15.5 Å². The fourth-order valence-electron chi connectivity index (χ4n) is 2.42. The van der Waals surface area contributed by atoms with Crippen molar-refractivity contribution < 1.29 is 0 Å². The summed E-state index contributed by atoms with van der Waals surface area (Å²) in [5.41, 5.74) is 4.33. The molecular formula is C21H13N5S. The van der Waals surface area contributed by atoms with Crippen LogP contribution in [0.1, 0.15) is 5.56 Å². The molecule has 5 nitrogen and oxygen atoms in total. The van der Waals surface area contributed by atoms with E-state index in [-0.39, 0.29) is 11.3 Å². The topological polar surface area (TPSA) is 96.3 Å². The van der Waals surface area contributed by atoms with Crippen LogP contribution in [-0.4, -0.2) is 4.98 Å². The number of aromatic nitrogens is 1. The van der Waals surface area contributed by atoms with Crippen LogP contribution in [0.25, 0.3) is 21.8 Å². The molecule has 0 aliphatic carbocycles. The maximum atomic E-state index is 9.17. The first-order valence-electron chi connectivity index (χ1n) is 7.99. The first-order valence-corrected chi connectivity index (χ1v) is 8.87. The Labute approximate surface area is 161 Å². The van der Waals surface area contributed by atoms with Gasteiger partial charge in [0.25, 0.3) is 0 Å². The minimum absolute atomic E-state index is 0.0726. The van der Waals surface area contributed by atoms with Crippen molar-refractivity contribution in [3.05, 3.63) is 70.7 Å². The molecule has 6 heteroatoms. The molecule has 0 amide bonds. The first-order chi connectivity index (χ1) is 13.1. The number of nitriles is 3. The molecule has 3 rings (SSSR count). The zero-order chi connectivity index (χ0) is 19.2. The Morgan fingerprint density at radius 1 is 0.963 bits per heavy atom. The van der Waals surface area contributed by atoms with E-state index in [9.17, 15) is 5.26 Å². The number of allylic oxidation sites excluding steroid dienone is 2. The van der Waals surface area contributed by atoms with Crippen LogP contribution in [0.3, 0.4) is 0 Å². The quantitative estimate of drug-likeness (QED) is 0.653. The minimum atomic E-state index is -0.251. The highest BCUT2D eigenvalue weighted by molar-refractivity contribution is 7.13. The summed E-state index contributed by atoms with van der Waals surface area (Å²) in [6, 6.07) is 20.8. The Balaban J connectivity index is 1.90. The zero-order valence-corrected chi connectivity index (χ0v) is 15.2. The third-order valence-corrected chi connectivity index (χ3v) is 4.71. The van der Waals surface area contributed by atoms with Gasteiger partial charge >= 0.3 is 0 Å². The molecule has 2 aromatic carbocycles. The highest BCUT2D eigenvalue weighted by atomic mass is 32.1. The molecule has 0 saturated heterocycles. The second kappa shape index (κ2) is 7.97. The van der Waals surface area contributed by atoms with Crippen LogP contribution >= 0.6 is 11.3 Å². The lowest BCUT2D eigenvalue weighted by molar-refractivity contribution is 1.36. The Bertz CT molecular complexity index is 1120. The average Bonchev–Trinajstić information content (AvgIpc) is 3.19. The van der Waals surface area contributed by atoms with Crippen LogP contribution in [0.5, 0.6) is 0 Å². The summed E-state index contributed by atoms with van der Waals surface area (Å²) < 4.78 is 0. The molecule has 0 radical (unpaired) electrons. The van der Waals surface area contributed by atoms with Crippen molar-refractivity contribution in [3.63, 3.8) is 0 Å². The molecule has 0 fully saturated rings. The van der Waals surface area contributed by atoms with E-state index in [1.165, 1.54) is 16.9 Å². The Hall–Kier alpha value is -3.92. The minimum Gasteiger partial charge on any atom is -0.345 e. The van der Waals surface area contributed by atoms with Crippen molar-refractivity contribution >= 4 is 17.0 Å². The van der Waals surface area contributed by atoms with Gasteiger partial charge in [-0.3, -0.25) is 0 Å². The summed E-state index contributed by atoms with van der Waals surface area (Å²) >= 11 is 1.53. The maximum absolute atomic E-state index is 9.17.